The SMILES string of the molecule is CCCC/C=C\CCCCCCCC(=O)OC(COC(=O)CCCCCCCCCCCCCCCCC/C=C\C/C=C\C/C=C\C/C=C\CCCCC)COP(=O)(O)OCC(O)COP(=O)(O)OCC(O)COC(=O)CCCCCCCCCCCCCCCCCCCCC/C=C\C/C=C\C/C=C\C/C=C\CCCCC. The van der Waals surface area contributed by atoms with E-state index < -0.39 is 91.5 Å². The van der Waals surface area contributed by atoms with E-state index in [1.165, 1.54) is 244 Å². The van der Waals surface area contributed by atoms with E-state index in [0.717, 1.165) is 116 Å². The number of aliphatic hydroxyl groups is 2. The summed E-state index contributed by atoms with van der Waals surface area (Å²) in [4.78, 5) is 58.8. The van der Waals surface area contributed by atoms with Crippen LogP contribution in [0.15, 0.2) is 109 Å². The average Bonchev–Trinajstić information content (AvgIpc) is 0.902. The summed E-state index contributed by atoms with van der Waals surface area (Å²) in [5.41, 5.74) is 0. The lowest BCUT2D eigenvalue weighted by Gasteiger charge is -2.21. The van der Waals surface area contributed by atoms with Gasteiger partial charge in [0.2, 0.25) is 0 Å². The van der Waals surface area contributed by atoms with Gasteiger partial charge in [-0.3, -0.25) is 32.5 Å². The molecule has 0 aromatic rings. The van der Waals surface area contributed by atoms with Gasteiger partial charge in [-0.05, 0) is 128 Å². The van der Waals surface area contributed by atoms with Crippen molar-refractivity contribution in [3.63, 3.8) is 0 Å². The van der Waals surface area contributed by atoms with Gasteiger partial charge in [0.25, 0.3) is 0 Å². The Kier molecular flexibility index (Phi) is 84.6. The van der Waals surface area contributed by atoms with Gasteiger partial charge in [0.05, 0.1) is 26.4 Å². The van der Waals surface area contributed by atoms with E-state index in [0.29, 0.717) is 19.3 Å². The lowest BCUT2D eigenvalue weighted by atomic mass is 10.0. The van der Waals surface area contributed by atoms with Gasteiger partial charge in [0, 0.05) is 19.3 Å². The first-order valence-electron chi connectivity index (χ1n) is 46.2. The lowest BCUT2D eigenvalue weighted by molar-refractivity contribution is -0.161. The maximum Gasteiger partial charge on any atom is 0.472 e. The Morgan fingerprint density at radius 2 is 0.451 bits per heavy atom. The summed E-state index contributed by atoms with van der Waals surface area (Å²) in [5.74, 6) is -1.57. The molecule has 5 atom stereocenters. The van der Waals surface area contributed by atoms with Crippen molar-refractivity contribution in [2.24, 2.45) is 0 Å². The highest BCUT2D eigenvalue weighted by molar-refractivity contribution is 7.47. The first-order chi connectivity index (χ1) is 55.2. The van der Waals surface area contributed by atoms with Crippen LogP contribution in [-0.2, 0) is 55.8 Å². The third kappa shape index (κ3) is 88.9. The Labute approximate surface area is 691 Å². The Balaban J connectivity index is 4.30. The van der Waals surface area contributed by atoms with E-state index in [9.17, 15) is 43.5 Å². The number of hydrogen-bond donors (Lipinski definition) is 4. The highest BCUT2D eigenvalue weighted by atomic mass is 31.2. The minimum Gasteiger partial charge on any atom is -0.463 e. The minimum atomic E-state index is -4.93. The van der Waals surface area contributed by atoms with Crippen LogP contribution >= 0.6 is 15.6 Å². The van der Waals surface area contributed by atoms with Crippen LogP contribution in [0, 0.1) is 0 Å². The molecule has 0 saturated carbocycles. The second-order valence-corrected chi connectivity index (χ2v) is 34.0. The van der Waals surface area contributed by atoms with Crippen LogP contribution in [-0.4, -0.2) is 95.9 Å². The van der Waals surface area contributed by atoms with Crippen molar-refractivity contribution in [3.05, 3.63) is 109 Å². The summed E-state index contributed by atoms with van der Waals surface area (Å²) >= 11 is 0. The second-order valence-electron chi connectivity index (χ2n) is 31.1. The van der Waals surface area contributed by atoms with Gasteiger partial charge < -0.3 is 34.2 Å². The molecule has 0 radical (unpaired) electrons. The molecule has 656 valence electrons. The standard InChI is InChI=1S/C95H170O16P2/c1-4-7-10-13-16-19-22-24-26-28-30-32-34-36-38-40-42-43-44-45-47-49-50-52-54-56-58-60-62-64-67-69-72-75-78-81-93(98)105-84-90(96)85-107-112(101,102)108-86-91(97)87-109-113(103,104)110-89-92(111-95(100)83-80-77-74-71-66-21-18-15-12-9-6-3)88-106-94(99)82-79-76-73-70-68-65-63-61-59-57-55-53-51-48-46-41-39-37-35-33-31-29-27-25-23-20-17-14-11-8-5-2/h15-20,24-27,30-33,36-39,90-92,96-97H,4-14,21-23,28-29,34-35,40-89H2,1-3H3,(H,101,102)(H,103,104)/b18-15-,19-16-,20-17-,26-24-,27-25-,32-30-,33-31-,38-36-,39-37-. The number of unbranched alkanes of at least 4 members (excludes halogenated alkanes) is 47. The highest BCUT2D eigenvalue weighted by Crippen LogP contribution is 2.45. The molecule has 0 aromatic carbocycles. The predicted octanol–water partition coefficient (Wildman–Crippen LogP) is 28.2. The summed E-state index contributed by atoms with van der Waals surface area (Å²) in [5, 5.41) is 20.7. The molecule has 16 nitrogen and oxygen atoms in total. The quantitative estimate of drug-likeness (QED) is 0.0146. The summed E-state index contributed by atoms with van der Waals surface area (Å²) < 4.78 is 61.3. The molecular weight excluding hydrogens is 1460 g/mol. The molecule has 0 bridgehead atoms. The van der Waals surface area contributed by atoms with Crippen molar-refractivity contribution in [1.82, 2.24) is 0 Å². The van der Waals surface area contributed by atoms with Gasteiger partial charge in [-0.15, -0.1) is 0 Å². The zero-order chi connectivity index (χ0) is 82.2. The maximum absolute atomic E-state index is 13.0. The molecule has 0 aliphatic heterocycles. The summed E-state index contributed by atoms with van der Waals surface area (Å²) in [6.07, 6.45) is 106. The summed E-state index contributed by atoms with van der Waals surface area (Å²) in [7, 11) is -9.79. The first kappa shape index (κ1) is 109. The van der Waals surface area contributed by atoms with Crippen molar-refractivity contribution in [2.75, 3.05) is 39.6 Å². The average molecular weight is 1630 g/mol. The lowest BCUT2D eigenvalue weighted by Crippen LogP contribution is -2.30. The van der Waals surface area contributed by atoms with E-state index in [2.05, 4.69) is 130 Å². The molecule has 5 unspecified atom stereocenters. The molecule has 113 heavy (non-hydrogen) atoms. The van der Waals surface area contributed by atoms with E-state index in [1.807, 2.05) is 0 Å². The zero-order valence-corrected chi connectivity index (χ0v) is 74.1. The van der Waals surface area contributed by atoms with Gasteiger partial charge in [0.15, 0.2) is 6.10 Å². The summed E-state index contributed by atoms with van der Waals surface area (Å²) in [6.45, 7) is 2.63. The van der Waals surface area contributed by atoms with Gasteiger partial charge in [-0.2, -0.15) is 0 Å². The smallest absolute Gasteiger partial charge is 0.463 e. The molecule has 0 spiro atoms. The molecule has 4 N–H and O–H groups in total. The zero-order valence-electron chi connectivity index (χ0n) is 72.3. The van der Waals surface area contributed by atoms with Gasteiger partial charge in [0.1, 0.15) is 25.4 Å². The van der Waals surface area contributed by atoms with E-state index >= 15 is 0 Å². The van der Waals surface area contributed by atoms with Crippen molar-refractivity contribution in [1.29, 1.82) is 0 Å². The van der Waals surface area contributed by atoms with Crippen molar-refractivity contribution in [2.45, 2.75) is 437 Å². The van der Waals surface area contributed by atoms with Crippen LogP contribution in [0.4, 0.5) is 0 Å². The number of ether oxygens (including phenoxy) is 3. The topological polar surface area (TPSA) is 231 Å². The van der Waals surface area contributed by atoms with E-state index in [4.69, 9.17) is 32.3 Å². The number of phosphoric ester groups is 2. The third-order valence-electron chi connectivity index (χ3n) is 19.9. The van der Waals surface area contributed by atoms with Gasteiger partial charge in [-0.25, -0.2) is 9.13 Å². The monoisotopic (exact) mass is 1630 g/mol. The number of phosphoric acid groups is 2. The number of carbonyl (C=O) groups is 3. The highest BCUT2D eigenvalue weighted by Gasteiger charge is 2.29. The number of carbonyl (C=O) groups excluding carboxylic acids is 3. The van der Waals surface area contributed by atoms with Crippen molar-refractivity contribution < 1.29 is 75.8 Å². The third-order valence-corrected chi connectivity index (χ3v) is 21.8. The van der Waals surface area contributed by atoms with Crippen LogP contribution in [0.3, 0.4) is 0 Å². The van der Waals surface area contributed by atoms with Crippen molar-refractivity contribution >= 4 is 33.6 Å². The molecule has 0 heterocycles. The largest absolute Gasteiger partial charge is 0.472 e. The molecule has 0 rings (SSSR count). The fourth-order valence-corrected chi connectivity index (χ4v) is 14.5. The van der Waals surface area contributed by atoms with Crippen LogP contribution in [0.25, 0.3) is 0 Å². The molecule has 0 amide bonds. The molecule has 0 aromatic heterocycles. The Morgan fingerprint density at radius 3 is 0.735 bits per heavy atom. The number of rotatable bonds is 88. The summed E-state index contributed by atoms with van der Waals surface area (Å²) in [6, 6.07) is 0. The Morgan fingerprint density at radius 1 is 0.248 bits per heavy atom. The Hall–Kier alpha value is -3.79. The van der Waals surface area contributed by atoms with Crippen LogP contribution < -0.4 is 0 Å². The fraction of sp³-hybridized carbons (Fsp3) is 0.779. The molecular formula is C95H170O16P2. The molecule has 0 fully saturated rings. The normalized spacial score (nSPS) is 14.3. The second kappa shape index (κ2) is 87.5. The van der Waals surface area contributed by atoms with Crippen molar-refractivity contribution in [3.8, 4) is 0 Å². The first-order valence-corrected chi connectivity index (χ1v) is 49.2. The minimum absolute atomic E-state index is 0.0958. The van der Waals surface area contributed by atoms with Crippen LogP contribution in [0.2, 0.25) is 0 Å². The molecule has 0 aliphatic rings. The predicted molar refractivity (Wildman–Crippen MR) is 473 cm³/mol. The van der Waals surface area contributed by atoms with E-state index in [-0.39, 0.29) is 19.3 Å². The number of allylic oxidation sites excluding steroid dienone is 18. The number of aliphatic hydroxyl groups excluding tert-OH is 2. The Bertz CT molecular complexity index is 2490. The number of esters is 3. The van der Waals surface area contributed by atoms with Crippen LogP contribution in [0.1, 0.15) is 419 Å². The molecule has 0 saturated heterocycles. The number of hydrogen-bond acceptors (Lipinski definition) is 14. The van der Waals surface area contributed by atoms with E-state index in [1.54, 1.807) is 0 Å². The maximum atomic E-state index is 13.0. The van der Waals surface area contributed by atoms with Gasteiger partial charge in [-0.1, -0.05) is 381 Å². The van der Waals surface area contributed by atoms with Gasteiger partial charge >= 0.3 is 33.6 Å². The fourth-order valence-electron chi connectivity index (χ4n) is 12.9. The molecule has 18 heteroatoms. The van der Waals surface area contributed by atoms with Crippen LogP contribution in [0.5, 0.6) is 0 Å². The molecule has 0 aliphatic carbocycles.